The maximum atomic E-state index is 11.3. The van der Waals surface area contributed by atoms with Crippen LogP contribution in [0, 0.1) is 25.2 Å². The van der Waals surface area contributed by atoms with Crippen molar-refractivity contribution in [2.24, 2.45) is 0 Å². The standard InChI is InChI=1S/C23H17ClN4O2/c1-13-9-15(10-16(12-25)22-26-20-5-3-4-6-21(20)27-22)14(2)28(13)17-7-8-19(24)18(11-17)23(29)30/h3-11H,1-2H3,(H,26,27)(H,29,30)/p-1/b16-10+. The molecular weight excluding hydrogens is 400 g/mol. The predicted molar refractivity (Wildman–Crippen MR) is 114 cm³/mol. The summed E-state index contributed by atoms with van der Waals surface area (Å²) in [6.45, 7) is 3.81. The molecule has 0 aliphatic carbocycles. The number of carbonyl (C=O) groups excluding carboxylic acids is 1. The zero-order chi connectivity index (χ0) is 21.4. The van der Waals surface area contributed by atoms with Crippen molar-refractivity contribution in [1.82, 2.24) is 14.5 Å². The second-order valence-corrected chi connectivity index (χ2v) is 7.29. The number of H-pyrrole nitrogens is 1. The van der Waals surface area contributed by atoms with Crippen LogP contribution in [0.2, 0.25) is 5.02 Å². The molecule has 0 amide bonds. The van der Waals surface area contributed by atoms with Crippen molar-refractivity contribution in [2.75, 3.05) is 0 Å². The number of para-hydroxylation sites is 2. The molecule has 2 aromatic heterocycles. The number of carboxylic acid groups (broad SMARTS) is 1. The molecule has 0 bridgehead atoms. The Morgan fingerprint density at radius 3 is 2.70 bits per heavy atom. The van der Waals surface area contributed by atoms with Gasteiger partial charge in [-0.25, -0.2) is 4.98 Å². The average molecular weight is 416 g/mol. The quantitative estimate of drug-likeness (QED) is 0.508. The van der Waals surface area contributed by atoms with Crippen molar-refractivity contribution < 1.29 is 9.90 Å². The summed E-state index contributed by atoms with van der Waals surface area (Å²) in [5, 5.41) is 21.2. The highest BCUT2D eigenvalue weighted by molar-refractivity contribution is 6.33. The Morgan fingerprint density at radius 1 is 1.23 bits per heavy atom. The molecule has 0 spiro atoms. The van der Waals surface area contributed by atoms with E-state index in [9.17, 15) is 15.2 Å². The number of nitrogens with zero attached hydrogens (tertiary/aromatic N) is 3. The number of hydrogen-bond acceptors (Lipinski definition) is 4. The number of nitriles is 1. The molecular formula is C23H16ClN4O2-. The van der Waals surface area contributed by atoms with Crippen molar-refractivity contribution >= 4 is 40.3 Å². The SMILES string of the molecule is Cc1cc(/C=C(\C#N)c2nc3ccccc3[nH]2)c(C)n1-c1ccc(Cl)c(C(=O)[O-])c1. The first-order valence-corrected chi connectivity index (χ1v) is 9.54. The van der Waals surface area contributed by atoms with Crippen LogP contribution < -0.4 is 5.11 Å². The van der Waals surface area contributed by atoms with Crippen LogP contribution in [-0.2, 0) is 0 Å². The van der Waals surface area contributed by atoms with Gasteiger partial charge in [-0.1, -0.05) is 23.7 Å². The number of hydrogen-bond donors (Lipinski definition) is 1. The zero-order valence-electron chi connectivity index (χ0n) is 16.2. The molecule has 4 aromatic rings. The third-order valence-corrected chi connectivity index (χ3v) is 5.29. The Labute approximate surface area is 177 Å². The minimum absolute atomic E-state index is 0.0706. The number of fused-ring (bicyclic) bond motifs is 1. The van der Waals surface area contributed by atoms with Gasteiger partial charge in [0.2, 0.25) is 0 Å². The van der Waals surface area contributed by atoms with E-state index in [-0.39, 0.29) is 10.6 Å². The molecule has 7 heteroatoms. The highest BCUT2D eigenvalue weighted by Gasteiger charge is 2.14. The first-order valence-electron chi connectivity index (χ1n) is 9.16. The van der Waals surface area contributed by atoms with Gasteiger partial charge in [0, 0.05) is 27.7 Å². The molecule has 148 valence electrons. The van der Waals surface area contributed by atoms with Crippen LogP contribution in [0.4, 0.5) is 0 Å². The monoisotopic (exact) mass is 415 g/mol. The molecule has 6 nitrogen and oxygen atoms in total. The number of aryl methyl sites for hydroxylation is 1. The normalized spacial score (nSPS) is 11.6. The van der Waals surface area contributed by atoms with Gasteiger partial charge < -0.3 is 19.5 Å². The molecule has 2 aromatic carbocycles. The molecule has 0 fully saturated rings. The van der Waals surface area contributed by atoms with Crippen LogP contribution in [0.1, 0.15) is 33.1 Å². The number of aromatic carboxylic acids is 1. The fourth-order valence-corrected chi connectivity index (χ4v) is 3.72. The van der Waals surface area contributed by atoms with E-state index >= 15 is 0 Å². The number of aromatic amines is 1. The number of nitrogens with one attached hydrogen (secondary N) is 1. The summed E-state index contributed by atoms with van der Waals surface area (Å²) in [4.78, 5) is 19.0. The van der Waals surface area contributed by atoms with Crippen LogP contribution in [0.3, 0.4) is 0 Å². The minimum atomic E-state index is -1.33. The molecule has 30 heavy (non-hydrogen) atoms. The first kappa shape index (κ1) is 19.5. The van der Waals surface area contributed by atoms with E-state index in [4.69, 9.17) is 11.6 Å². The summed E-state index contributed by atoms with van der Waals surface area (Å²) < 4.78 is 1.90. The van der Waals surface area contributed by atoms with E-state index in [1.165, 1.54) is 12.1 Å². The van der Waals surface area contributed by atoms with Crippen molar-refractivity contribution in [2.45, 2.75) is 13.8 Å². The number of aromatic nitrogens is 3. The highest BCUT2D eigenvalue weighted by Crippen LogP contribution is 2.27. The topological polar surface area (TPSA) is 97.5 Å². The van der Waals surface area contributed by atoms with Gasteiger partial charge in [0.15, 0.2) is 0 Å². The zero-order valence-corrected chi connectivity index (χ0v) is 17.0. The molecule has 0 unspecified atom stereocenters. The second-order valence-electron chi connectivity index (χ2n) is 6.89. The largest absolute Gasteiger partial charge is 0.545 e. The van der Waals surface area contributed by atoms with Crippen LogP contribution in [0.5, 0.6) is 0 Å². The minimum Gasteiger partial charge on any atom is -0.545 e. The molecule has 4 rings (SSSR count). The lowest BCUT2D eigenvalue weighted by atomic mass is 10.1. The third kappa shape index (κ3) is 3.36. The Hall–Kier alpha value is -3.82. The molecule has 0 radical (unpaired) electrons. The third-order valence-electron chi connectivity index (χ3n) is 4.96. The van der Waals surface area contributed by atoms with Gasteiger partial charge in [-0.05, 0) is 61.9 Å². The van der Waals surface area contributed by atoms with Crippen LogP contribution in [0.15, 0.2) is 48.5 Å². The van der Waals surface area contributed by atoms with Crippen molar-refractivity contribution in [3.8, 4) is 11.8 Å². The van der Waals surface area contributed by atoms with E-state index < -0.39 is 5.97 Å². The number of carboxylic acids is 1. The van der Waals surface area contributed by atoms with Gasteiger partial charge in [0.05, 0.1) is 22.6 Å². The van der Waals surface area contributed by atoms with Gasteiger partial charge >= 0.3 is 0 Å². The van der Waals surface area contributed by atoms with Gasteiger partial charge in [0.25, 0.3) is 0 Å². The number of imidazole rings is 1. The summed E-state index contributed by atoms with van der Waals surface area (Å²) in [6.07, 6.45) is 1.77. The fourth-order valence-electron chi connectivity index (χ4n) is 3.53. The Kier molecular flexibility index (Phi) is 4.90. The highest BCUT2D eigenvalue weighted by atomic mass is 35.5. The fraction of sp³-hybridized carbons (Fsp3) is 0.0870. The van der Waals surface area contributed by atoms with Crippen molar-refractivity contribution in [3.05, 3.63) is 81.9 Å². The van der Waals surface area contributed by atoms with E-state index in [2.05, 4.69) is 16.0 Å². The summed E-state index contributed by atoms with van der Waals surface area (Å²) in [7, 11) is 0. The van der Waals surface area contributed by atoms with Gasteiger partial charge in [-0.3, -0.25) is 0 Å². The van der Waals surface area contributed by atoms with E-state index in [0.29, 0.717) is 17.1 Å². The Balaban J connectivity index is 1.81. The summed E-state index contributed by atoms with van der Waals surface area (Å²) >= 11 is 5.97. The lowest BCUT2D eigenvalue weighted by Crippen LogP contribution is -2.23. The Morgan fingerprint density at radius 2 is 2.00 bits per heavy atom. The van der Waals surface area contributed by atoms with Crippen LogP contribution in [-0.4, -0.2) is 20.5 Å². The maximum absolute atomic E-state index is 11.3. The van der Waals surface area contributed by atoms with Gasteiger partial charge in [-0.2, -0.15) is 5.26 Å². The smallest absolute Gasteiger partial charge is 0.149 e. The summed E-state index contributed by atoms with van der Waals surface area (Å²) in [5.41, 5.74) is 5.18. The van der Waals surface area contributed by atoms with Gasteiger partial charge in [0.1, 0.15) is 11.9 Å². The molecule has 0 saturated heterocycles. The van der Waals surface area contributed by atoms with Crippen LogP contribution >= 0.6 is 11.6 Å². The molecule has 1 N–H and O–H groups in total. The Bertz CT molecular complexity index is 1340. The molecule has 2 heterocycles. The lowest BCUT2D eigenvalue weighted by molar-refractivity contribution is -0.255. The van der Waals surface area contributed by atoms with Crippen molar-refractivity contribution in [3.63, 3.8) is 0 Å². The summed E-state index contributed by atoms with van der Waals surface area (Å²) in [6, 6.07) is 16.5. The number of halogens is 1. The lowest BCUT2D eigenvalue weighted by Gasteiger charge is -2.13. The molecule has 0 saturated carbocycles. The van der Waals surface area contributed by atoms with E-state index in [1.807, 2.05) is 48.7 Å². The molecule has 0 aliphatic heterocycles. The number of carbonyl (C=O) groups is 1. The molecule has 0 atom stereocenters. The van der Waals surface area contributed by atoms with Crippen molar-refractivity contribution in [1.29, 1.82) is 5.26 Å². The maximum Gasteiger partial charge on any atom is 0.149 e. The second kappa shape index (κ2) is 7.54. The number of rotatable bonds is 4. The first-order chi connectivity index (χ1) is 14.4. The van der Waals surface area contributed by atoms with Crippen LogP contribution in [0.25, 0.3) is 28.4 Å². The number of allylic oxidation sites excluding steroid dienone is 1. The summed E-state index contributed by atoms with van der Waals surface area (Å²) in [5.74, 6) is -0.838. The molecule has 0 aliphatic rings. The predicted octanol–water partition coefficient (Wildman–Crippen LogP) is 4.05. The number of benzene rings is 2. The van der Waals surface area contributed by atoms with Gasteiger partial charge in [-0.15, -0.1) is 0 Å². The average Bonchev–Trinajstić information content (AvgIpc) is 3.27. The van der Waals surface area contributed by atoms with E-state index in [1.54, 1.807) is 12.1 Å². The van der Waals surface area contributed by atoms with E-state index in [0.717, 1.165) is 28.0 Å².